The first kappa shape index (κ1) is 17.6. The Balaban J connectivity index is 1.88. The van der Waals surface area contributed by atoms with Crippen molar-refractivity contribution in [2.24, 2.45) is 0 Å². The lowest BCUT2D eigenvalue weighted by molar-refractivity contribution is -0.124. The molecule has 0 aliphatic carbocycles. The third kappa shape index (κ3) is 3.89. The van der Waals surface area contributed by atoms with Crippen LogP contribution in [0.1, 0.15) is 17.2 Å². The van der Waals surface area contributed by atoms with Crippen LogP contribution in [0.2, 0.25) is 10.0 Å². The lowest BCUT2D eigenvalue weighted by atomic mass is 9.98. The van der Waals surface area contributed by atoms with Crippen molar-refractivity contribution in [3.05, 3.63) is 69.7 Å². The Morgan fingerprint density at radius 3 is 1.96 bits per heavy atom. The second kappa shape index (κ2) is 7.33. The van der Waals surface area contributed by atoms with E-state index in [4.69, 9.17) is 23.2 Å². The molecule has 0 saturated carbocycles. The van der Waals surface area contributed by atoms with Gasteiger partial charge in [0.05, 0.1) is 6.04 Å². The van der Waals surface area contributed by atoms with Gasteiger partial charge in [-0.2, -0.15) is 0 Å². The number of rotatable bonds is 4. The molecule has 1 aliphatic heterocycles. The van der Waals surface area contributed by atoms with Gasteiger partial charge in [0.2, 0.25) is 5.91 Å². The molecule has 130 valence electrons. The summed E-state index contributed by atoms with van der Waals surface area (Å²) in [4.78, 5) is 25.7. The maximum Gasteiger partial charge on any atom is 0.317 e. The Morgan fingerprint density at radius 1 is 1.08 bits per heavy atom. The maximum atomic E-state index is 12.7. The highest BCUT2D eigenvalue weighted by Gasteiger charge is 2.34. The molecule has 3 rings (SSSR count). The zero-order chi connectivity index (χ0) is 18.0. The van der Waals surface area contributed by atoms with Crippen molar-refractivity contribution in [3.63, 3.8) is 0 Å². The van der Waals surface area contributed by atoms with E-state index in [9.17, 15) is 9.59 Å². The number of amides is 3. The van der Waals surface area contributed by atoms with Crippen LogP contribution in [0, 0.1) is 0 Å². The summed E-state index contributed by atoms with van der Waals surface area (Å²) in [5.74, 6) is -0.226. The number of nitrogens with zero attached hydrogens (tertiary/aromatic N) is 1. The summed E-state index contributed by atoms with van der Waals surface area (Å²) in [6.07, 6.45) is 0. The molecule has 1 atom stereocenters. The Hall–Kier alpha value is -2.24. The van der Waals surface area contributed by atoms with Crippen molar-refractivity contribution >= 4 is 35.1 Å². The zero-order valence-electron chi connectivity index (χ0n) is 13.5. The summed E-state index contributed by atoms with van der Waals surface area (Å²) in [6.45, 7) is 0.287. The molecule has 0 radical (unpaired) electrons. The number of carbonyl (C=O) groups excluding carboxylic acids is 2. The SMILES string of the molecule is CN1C(=O)NC[C@@H]1C(=O)NC(c1ccc(Cl)cc1)c1ccc(Cl)cc1. The van der Waals surface area contributed by atoms with Crippen molar-refractivity contribution in [3.8, 4) is 0 Å². The van der Waals surface area contributed by atoms with Crippen molar-refractivity contribution in [2.45, 2.75) is 12.1 Å². The van der Waals surface area contributed by atoms with Gasteiger partial charge in [-0.05, 0) is 35.4 Å². The Bertz CT molecular complexity index is 732. The van der Waals surface area contributed by atoms with E-state index in [-0.39, 0.29) is 24.5 Å². The number of benzene rings is 2. The zero-order valence-corrected chi connectivity index (χ0v) is 15.0. The number of hydrogen-bond acceptors (Lipinski definition) is 2. The molecule has 25 heavy (non-hydrogen) atoms. The van der Waals surface area contributed by atoms with Crippen LogP contribution < -0.4 is 10.6 Å². The first-order valence-corrected chi connectivity index (χ1v) is 8.53. The predicted molar refractivity (Wildman–Crippen MR) is 97.8 cm³/mol. The predicted octanol–water partition coefficient (Wildman–Crippen LogP) is 3.22. The number of carbonyl (C=O) groups is 2. The number of likely N-dealkylation sites (N-methyl/N-ethyl adjacent to an activating group) is 1. The summed E-state index contributed by atoms with van der Waals surface area (Å²) in [5.41, 5.74) is 1.78. The third-order valence-corrected chi connectivity index (χ3v) is 4.73. The van der Waals surface area contributed by atoms with Gasteiger partial charge < -0.3 is 15.5 Å². The van der Waals surface area contributed by atoms with Gasteiger partial charge in [0.25, 0.3) is 0 Å². The van der Waals surface area contributed by atoms with Crippen LogP contribution in [0.5, 0.6) is 0 Å². The average Bonchev–Trinajstić information content (AvgIpc) is 2.94. The van der Waals surface area contributed by atoms with Crippen LogP contribution in [0.3, 0.4) is 0 Å². The minimum Gasteiger partial charge on any atom is -0.343 e. The molecule has 1 saturated heterocycles. The molecular formula is C18H17Cl2N3O2. The summed E-state index contributed by atoms with van der Waals surface area (Å²) < 4.78 is 0. The average molecular weight is 378 g/mol. The fourth-order valence-corrected chi connectivity index (χ4v) is 3.02. The largest absolute Gasteiger partial charge is 0.343 e. The molecule has 1 fully saturated rings. The topological polar surface area (TPSA) is 61.4 Å². The van der Waals surface area contributed by atoms with Crippen LogP contribution in [0.15, 0.2) is 48.5 Å². The molecule has 0 spiro atoms. The fraction of sp³-hybridized carbons (Fsp3) is 0.222. The normalized spacial score (nSPS) is 16.9. The standard InChI is InChI=1S/C18H17Cl2N3O2/c1-23-15(10-21-18(23)25)17(24)22-16(11-2-6-13(19)7-3-11)12-4-8-14(20)9-5-12/h2-9,15-16H,10H2,1H3,(H,21,25)(H,22,24)/t15-/m1/s1. The summed E-state index contributed by atoms with van der Waals surface area (Å²) in [6, 6.07) is 13.4. The minimum absolute atomic E-state index is 0.226. The van der Waals surface area contributed by atoms with E-state index in [1.807, 2.05) is 24.3 Å². The lowest BCUT2D eigenvalue weighted by Gasteiger charge is -2.24. The van der Waals surface area contributed by atoms with E-state index in [1.54, 1.807) is 31.3 Å². The fourth-order valence-electron chi connectivity index (χ4n) is 2.76. The van der Waals surface area contributed by atoms with Gasteiger partial charge in [0.15, 0.2) is 0 Å². The summed E-state index contributed by atoms with van der Waals surface area (Å²) in [5, 5.41) is 6.92. The van der Waals surface area contributed by atoms with E-state index in [2.05, 4.69) is 10.6 Å². The smallest absolute Gasteiger partial charge is 0.317 e. The highest BCUT2D eigenvalue weighted by atomic mass is 35.5. The van der Waals surface area contributed by atoms with Crippen molar-refractivity contribution < 1.29 is 9.59 Å². The molecular weight excluding hydrogens is 361 g/mol. The molecule has 0 unspecified atom stereocenters. The van der Waals surface area contributed by atoms with Crippen molar-refractivity contribution in [2.75, 3.05) is 13.6 Å². The molecule has 1 heterocycles. The Morgan fingerprint density at radius 2 is 1.56 bits per heavy atom. The number of urea groups is 1. The summed E-state index contributed by atoms with van der Waals surface area (Å²) >= 11 is 11.9. The van der Waals surface area contributed by atoms with E-state index >= 15 is 0 Å². The molecule has 0 aromatic heterocycles. The van der Waals surface area contributed by atoms with Gasteiger partial charge in [-0.25, -0.2) is 4.79 Å². The Labute approximate surface area is 155 Å². The molecule has 2 aromatic carbocycles. The number of halogens is 2. The molecule has 2 N–H and O–H groups in total. The van der Waals surface area contributed by atoms with Crippen molar-refractivity contribution in [1.29, 1.82) is 0 Å². The summed E-state index contributed by atoms with van der Waals surface area (Å²) in [7, 11) is 1.60. The lowest BCUT2D eigenvalue weighted by Crippen LogP contribution is -2.45. The molecule has 2 aromatic rings. The van der Waals surface area contributed by atoms with Crippen LogP contribution in [0.25, 0.3) is 0 Å². The molecule has 7 heteroatoms. The molecule has 0 bridgehead atoms. The van der Waals surface area contributed by atoms with E-state index in [0.717, 1.165) is 11.1 Å². The first-order chi connectivity index (χ1) is 12.0. The second-order valence-electron chi connectivity index (χ2n) is 5.86. The van der Waals surface area contributed by atoms with Crippen LogP contribution in [-0.4, -0.2) is 36.5 Å². The minimum atomic E-state index is -0.547. The van der Waals surface area contributed by atoms with Gasteiger partial charge in [0.1, 0.15) is 6.04 Å². The van der Waals surface area contributed by atoms with E-state index in [1.165, 1.54) is 4.90 Å². The van der Waals surface area contributed by atoms with Crippen LogP contribution >= 0.6 is 23.2 Å². The highest BCUT2D eigenvalue weighted by molar-refractivity contribution is 6.30. The highest BCUT2D eigenvalue weighted by Crippen LogP contribution is 2.25. The van der Waals surface area contributed by atoms with E-state index < -0.39 is 6.04 Å². The second-order valence-corrected chi connectivity index (χ2v) is 6.73. The van der Waals surface area contributed by atoms with Gasteiger partial charge in [0, 0.05) is 23.6 Å². The Kier molecular flexibility index (Phi) is 5.16. The van der Waals surface area contributed by atoms with Gasteiger partial charge in [-0.3, -0.25) is 4.79 Å². The van der Waals surface area contributed by atoms with Crippen molar-refractivity contribution in [1.82, 2.24) is 15.5 Å². The van der Waals surface area contributed by atoms with Gasteiger partial charge in [-0.15, -0.1) is 0 Å². The number of nitrogens with one attached hydrogen (secondary N) is 2. The molecule has 5 nitrogen and oxygen atoms in total. The van der Waals surface area contributed by atoms with Gasteiger partial charge in [-0.1, -0.05) is 47.5 Å². The molecule has 3 amide bonds. The molecule has 1 aliphatic rings. The third-order valence-electron chi connectivity index (χ3n) is 4.23. The quantitative estimate of drug-likeness (QED) is 0.858. The maximum absolute atomic E-state index is 12.7. The monoisotopic (exact) mass is 377 g/mol. The van der Waals surface area contributed by atoms with E-state index in [0.29, 0.717) is 10.0 Å². The first-order valence-electron chi connectivity index (χ1n) is 7.77. The van der Waals surface area contributed by atoms with Crippen LogP contribution in [-0.2, 0) is 4.79 Å². The van der Waals surface area contributed by atoms with Crippen LogP contribution in [0.4, 0.5) is 4.79 Å². The number of hydrogen-bond donors (Lipinski definition) is 2. The van der Waals surface area contributed by atoms with Gasteiger partial charge >= 0.3 is 6.03 Å².